The highest BCUT2D eigenvalue weighted by molar-refractivity contribution is 5.96. The molecule has 0 saturated carbocycles. The first kappa shape index (κ1) is 17.9. The number of hydrogen-bond donors (Lipinski definition) is 0. The Hall–Kier alpha value is -3.54. The Morgan fingerprint density at radius 2 is 1.89 bits per heavy atom. The molecule has 0 unspecified atom stereocenters. The minimum absolute atomic E-state index is 0.0605. The molecule has 6 heteroatoms. The van der Waals surface area contributed by atoms with Crippen molar-refractivity contribution >= 4 is 11.4 Å². The van der Waals surface area contributed by atoms with E-state index in [1.807, 2.05) is 24.3 Å². The van der Waals surface area contributed by atoms with Crippen molar-refractivity contribution in [2.45, 2.75) is 19.4 Å². The van der Waals surface area contributed by atoms with Crippen molar-refractivity contribution in [3.8, 4) is 5.75 Å². The minimum Gasteiger partial charge on any atom is -0.489 e. The maximum absolute atomic E-state index is 13.6. The molecule has 2 aromatic heterocycles. The van der Waals surface area contributed by atoms with Crippen molar-refractivity contribution in [1.29, 1.82) is 0 Å². The van der Waals surface area contributed by atoms with Crippen LogP contribution < -0.4 is 4.74 Å². The number of pyridine rings is 1. The lowest BCUT2D eigenvalue weighted by molar-refractivity contribution is 0.0983. The van der Waals surface area contributed by atoms with Gasteiger partial charge in [0.25, 0.3) is 0 Å². The molecular formula is C22H18FN3O2. The molecule has 0 aliphatic heterocycles. The Balaban J connectivity index is 1.32. The third kappa shape index (κ3) is 4.06. The van der Waals surface area contributed by atoms with Crippen LogP contribution in [0.5, 0.6) is 5.75 Å². The van der Waals surface area contributed by atoms with Gasteiger partial charge in [0, 0.05) is 23.7 Å². The standard InChI is InChI=1S/C22H18FN3O2/c23-20-4-2-1-3-18(20)14-28-19-8-5-16(6-9-19)7-10-21(27)17-11-12-26-15-24-25-22(26)13-17/h1-6,8-9,11-13,15H,7,10,14H2. The van der Waals surface area contributed by atoms with Crippen molar-refractivity contribution < 1.29 is 13.9 Å². The van der Waals surface area contributed by atoms with Crippen molar-refractivity contribution in [1.82, 2.24) is 14.6 Å². The molecule has 4 rings (SSSR count). The van der Waals surface area contributed by atoms with E-state index in [2.05, 4.69) is 10.2 Å². The monoisotopic (exact) mass is 375 g/mol. The fraction of sp³-hybridized carbons (Fsp3) is 0.136. The first-order chi connectivity index (χ1) is 13.7. The largest absolute Gasteiger partial charge is 0.489 e. The maximum Gasteiger partial charge on any atom is 0.163 e. The van der Waals surface area contributed by atoms with Crippen LogP contribution in [0.1, 0.15) is 27.9 Å². The summed E-state index contributed by atoms with van der Waals surface area (Å²) in [6, 6.07) is 17.6. The van der Waals surface area contributed by atoms with E-state index in [0.29, 0.717) is 35.4 Å². The maximum atomic E-state index is 13.6. The fourth-order valence-electron chi connectivity index (χ4n) is 2.92. The molecule has 0 saturated heterocycles. The number of halogens is 1. The number of Topliss-reactive ketones (excluding diaryl/α,β-unsaturated/α-hetero) is 1. The number of fused-ring (bicyclic) bond motifs is 1. The summed E-state index contributed by atoms with van der Waals surface area (Å²) in [5.74, 6) is 0.447. The number of benzene rings is 2. The van der Waals surface area contributed by atoms with E-state index in [4.69, 9.17) is 4.74 Å². The highest BCUT2D eigenvalue weighted by Crippen LogP contribution is 2.17. The second-order valence-corrected chi connectivity index (χ2v) is 6.46. The van der Waals surface area contributed by atoms with E-state index in [9.17, 15) is 9.18 Å². The van der Waals surface area contributed by atoms with Crippen molar-refractivity contribution in [2.75, 3.05) is 0 Å². The van der Waals surface area contributed by atoms with E-state index < -0.39 is 0 Å². The Bertz CT molecular complexity index is 1110. The number of hydrogen-bond acceptors (Lipinski definition) is 4. The van der Waals surface area contributed by atoms with Crippen LogP contribution in [0.3, 0.4) is 0 Å². The predicted octanol–water partition coefficient (Wildman–Crippen LogP) is 4.26. The normalized spacial score (nSPS) is 10.9. The summed E-state index contributed by atoms with van der Waals surface area (Å²) in [6.07, 6.45) is 4.41. The number of carbonyl (C=O) groups is 1. The number of aromatic nitrogens is 3. The SMILES string of the molecule is O=C(CCc1ccc(OCc2ccccc2F)cc1)c1ccn2cnnc2c1. The molecule has 0 amide bonds. The minimum atomic E-state index is -0.276. The van der Waals surface area contributed by atoms with Gasteiger partial charge < -0.3 is 4.74 Å². The second kappa shape index (κ2) is 8.00. The summed E-state index contributed by atoms with van der Waals surface area (Å²) in [7, 11) is 0. The van der Waals surface area contributed by atoms with Gasteiger partial charge in [0.2, 0.25) is 0 Å². The number of carbonyl (C=O) groups excluding carboxylic acids is 1. The number of ether oxygens (including phenoxy) is 1. The van der Waals surface area contributed by atoms with Crippen LogP contribution in [-0.4, -0.2) is 20.4 Å². The highest BCUT2D eigenvalue weighted by Gasteiger charge is 2.08. The number of aryl methyl sites for hydroxylation is 1. The molecule has 0 fully saturated rings. The molecule has 0 aliphatic rings. The lowest BCUT2D eigenvalue weighted by atomic mass is 10.0. The van der Waals surface area contributed by atoms with Gasteiger partial charge in [-0.1, -0.05) is 30.3 Å². The van der Waals surface area contributed by atoms with Gasteiger partial charge in [-0.25, -0.2) is 4.39 Å². The van der Waals surface area contributed by atoms with Crippen molar-refractivity contribution in [3.63, 3.8) is 0 Å². The molecule has 0 radical (unpaired) electrons. The quantitative estimate of drug-likeness (QED) is 0.453. The summed E-state index contributed by atoms with van der Waals surface area (Å²) >= 11 is 0. The van der Waals surface area contributed by atoms with Gasteiger partial charge in [-0.3, -0.25) is 9.20 Å². The first-order valence-corrected chi connectivity index (χ1v) is 8.97. The molecule has 5 nitrogen and oxygen atoms in total. The number of rotatable bonds is 7. The summed E-state index contributed by atoms with van der Waals surface area (Å²) in [4.78, 5) is 12.4. The smallest absolute Gasteiger partial charge is 0.163 e. The molecule has 0 N–H and O–H groups in total. The van der Waals surface area contributed by atoms with Gasteiger partial charge in [-0.05, 0) is 42.3 Å². The van der Waals surface area contributed by atoms with E-state index in [0.717, 1.165) is 5.56 Å². The first-order valence-electron chi connectivity index (χ1n) is 8.97. The second-order valence-electron chi connectivity index (χ2n) is 6.46. The Morgan fingerprint density at radius 1 is 1.07 bits per heavy atom. The average Bonchev–Trinajstić information content (AvgIpc) is 3.20. The molecule has 2 heterocycles. The van der Waals surface area contributed by atoms with Gasteiger partial charge in [-0.2, -0.15) is 0 Å². The third-order valence-electron chi connectivity index (χ3n) is 4.54. The van der Waals surface area contributed by atoms with E-state index in [1.165, 1.54) is 6.07 Å². The lowest BCUT2D eigenvalue weighted by Crippen LogP contribution is -2.02. The van der Waals surface area contributed by atoms with Crippen LogP contribution in [-0.2, 0) is 13.0 Å². The summed E-state index contributed by atoms with van der Waals surface area (Å²) in [6.45, 7) is 0.176. The van der Waals surface area contributed by atoms with Crippen LogP contribution in [0.4, 0.5) is 4.39 Å². The van der Waals surface area contributed by atoms with Gasteiger partial charge >= 0.3 is 0 Å². The lowest BCUT2D eigenvalue weighted by Gasteiger charge is -2.08. The highest BCUT2D eigenvalue weighted by atomic mass is 19.1. The van der Waals surface area contributed by atoms with Gasteiger partial charge in [0.05, 0.1) is 0 Å². The fourth-order valence-corrected chi connectivity index (χ4v) is 2.92. The number of ketones is 1. The molecule has 0 aliphatic carbocycles. The third-order valence-corrected chi connectivity index (χ3v) is 4.54. The molecule has 28 heavy (non-hydrogen) atoms. The van der Waals surface area contributed by atoms with Crippen molar-refractivity contribution in [2.24, 2.45) is 0 Å². The molecule has 0 spiro atoms. The van der Waals surface area contributed by atoms with E-state index >= 15 is 0 Å². The van der Waals surface area contributed by atoms with Crippen LogP contribution in [0.2, 0.25) is 0 Å². The zero-order valence-electron chi connectivity index (χ0n) is 15.1. The zero-order chi connectivity index (χ0) is 19.3. The Morgan fingerprint density at radius 3 is 2.71 bits per heavy atom. The summed E-state index contributed by atoms with van der Waals surface area (Å²) in [5.41, 5.74) is 2.84. The van der Waals surface area contributed by atoms with Crippen molar-refractivity contribution in [3.05, 3.63) is 95.7 Å². The molecule has 2 aromatic carbocycles. The Kier molecular flexibility index (Phi) is 5.10. The summed E-state index contributed by atoms with van der Waals surface area (Å²) in [5, 5.41) is 7.77. The number of nitrogens with zero attached hydrogens (tertiary/aromatic N) is 3. The predicted molar refractivity (Wildman–Crippen MR) is 103 cm³/mol. The van der Waals surface area contributed by atoms with Crippen LogP contribution in [0.25, 0.3) is 5.65 Å². The topological polar surface area (TPSA) is 56.5 Å². The van der Waals surface area contributed by atoms with Crippen LogP contribution in [0, 0.1) is 5.82 Å². The molecule has 0 bridgehead atoms. The molecule has 140 valence electrons. The van der Waals surface area contributed by atoms with Gasteiger partial charge in [0.1, 0.15) is 24.5 Å². The van der Waals surface area contributed by atoms with Gasteiger partial charge in [-0.15, -0.1) is 10.2 Å². The summed E-state index contributed by atoms with van der Waals surface area (Å²) < 4.78 is 21.0. The molecule has 0 atom stereocenters. The van der Waals surface area contributed by atoms with E-state index in [-0.39, 0.29) is 18.2 Å². The Labute approximate surface area is 161 Å². The zero-order valence-corrected chi connectivity index (χ0v) is 15.1. The van der Waals surface area contributed by atoms with Gasteiger partial charge in [0.15, 0.2) is 11.4 Å². The average molecular weight is 375 g/mol. The van der Waals surface area contributed by atoms with Crippen LogP contribution >= 0.6 is 0 Å². The molecule has 4 aromatic rings. The van der Waals surface area contributed by atoms with E-state index in [1.54, 1.807) is 47.3 Å². The van der Waals surface area contributed by atoms with Crippen LogP contribution in [0.15, 0.2) is 73.2 Å². The molecular weight excluding hydrogens is 357 g/mol.